The number of aliphatic hydroxyl groups is 1. The molecule has 0 bridgehead atoms. The molecular formula is C6H11NO3. The lowest BCUT2D eigenvalue weighted by Gasteiger charge is -2.11. The molecule has 0 saturated heterocycles. The SMILES string of the molecule is N[C@H]1[C@@H](O)CC[C@H]1C(=O)O. The summed E-state index contributed by atoms with van der Waals surface area (Å²) >= 11 is 0. The van der Waals surface area contributed by atoms with E-state index >= 15 is 0 Å². The number of aliphatic carboxylic acids is 1. The van der Waals surface area contributed by atoms with Crippen molar-refractivity contribution < 1.29 is 15.0 Å². The average Bonchev–Trinajstić information content (AvgIpc) is 2.14. The second kappa shape index (κ2) is 2.56. The molecule has 0 unspecified atom stereocenters. The first-order valence-electron chi connectivity index (χ1n) is 3.29. The van der Waals surface area contributed by atoms with E-state index in [4.69, 9.17) is 15.9 Å². The monoisotopic (exact) mass is 145 g/mol. The smallest absolute Gasteiger partial charge is 0.308 e. The minimum Gasteiger partial charge on any atom is -0.481 e. The minimum absolute atomic E-state index is 0.498. The number of hydrogen-bond acceptors (Lipinski definition) is 3. The van der Waals surface area contributed by atoms with Crippen molar-refractivity contribution in [2.45, 2.75) is 25.0 Å². The summed E-state index contributed by atoms with van der Waals surface area (Å²) in [5.41, 5.74) is 5.39. The molecule has 0 aromatic heterocycles. The molecule has 0 amide bonds. The summed E-state index contributed by atoms with van der Waals surface area (Å²) in [6.45, 7) is 0. The lowest BCUT2D eigenvalue weighted by Crippen LogP contribution is -2.38. The Balaban J connectivity index is 2.57. The van der Waals surface area contributed by atoms with Gasteiger partial charge in [0.25, 0.3) is 0 Å². The van der Waals surface area contributed by atoms with Crippen LogP contribution in [0.15, 0.2) is 0 Å². The standard InChI is InChI=1S/C6H11NO3/c7-5-3(6(9)10)1-2-4(5)8/h3-5,8H,1-2,7H2,(H,9,10)/t3-,4+,5-/m1/s1. The van der Waals surface area contributed by atoms with Gasteiger partial charge in [-0.3, -0.25) is 4.79 Å². The Hall–Kier alpha value is -0.610. The Labute approximate surface area is 58.6 Å². The van der Waals surface area contributed by atoms with Crippen LogP contribution in [0.25, 0.3) is 0 Å². The molecule has 0 aliphatic heterocycles. The van der Waals surface area contributed by atoms with Crippen LogP contribution in [0.3, 0.4) is 0 Å². The predicted octanol–water partition coefficient (Wildman–Crippen LogP) is -0.831. The number of hydrogen-bond donors (Lipinski definition) is 3. The summed E-state index contributed by atoms with van der Waals surface area (Å²) in [4.78, 5) is 10.4. The highest BCUT2D eigenvalue weighted by molar-refractivity contribution is 5.71. The van der Waals surface area contributed by atoms with Crippen LogP contribution in [0.1, 0.15) is 12.8 Å². The minimum atomic E-state index is -0.899. The third kappa shape index (κ3) is 1.12. The third-order valence-electron chi connectivity index (χ3n) is 2.00. The van der Waals surface area contributed by atoms with E-state index in [9.17, 15) is 4.79 Å². The van der Waals surface area contributed by atoms with Crippen molar-refractivity contribution in [3.63, 3.8) is 0 Å². The van der Waals surface area contributed by atoms with E-state index in [1.807, 2.05) is 0 Å². The molecule has 58 valence electrons. The molecule has 0 spiro atoms. The fourth-order valence-electron chi connectivity index (χ4n) is 1.29. The van der Waals surface area contributed by atoms with Gasteiger partial charge < -0.3 is 15.9 Å². The number of aliphatic hydroxyl groups excluding tert-OH is 1. The molecule has 3 atom stereocenters. The first kappa shape index (κ1) is 7.50. The van der Waals surface area contributed by atoms with Crippen molar-refractivity contribution in [3.8, 4) is 0 Å². The summed E-state index contributed by atoms with van der Waals surface area (Å²) in [5.74, 6) is -1.45. The van der Waals surface area contributed by atoms with Gasteiger partial charge in [-0.1, -0.05) is 0 Å². The second-order valence-electron chi connectivity index (χ2n) is 2.67. The van der Waals surface area contributed by atoms with Gasteiger partial charge in [0.1, 0.15) is 0 Å². The fourth-order valence-corrected chi connectivity index (χ4v) is 1.29. The van der Waals surface area contributed by atoms with Gasteiger partial charge in [0.05, 0.1) is 12.0 Å². The summed E-state index contributed by atoms with van der Waals surface area (Å²) < 4.78 is 0. The topological polar surface area (TPSA) is 83.5 Å². The summed E-state index contributed by atoms with van der Waals surface area (Å²) in [7, 11) is 0. The van der Waals surface area contributed by atoms with Crippen molar-refractivity contribution >= 4 is 5.97 Å². The van der Waals surface area contributed by atoms with Gasteiger partial charge in [-0.05, 0) is 12.8 Å². The van der Waals surface area contributed by atoms with Crippen molar-refractivity contribution in [2.24, 2.45) is 11.7 Å². The van der Waals surface area contributed by atoms with Crippen molar-refractivity contribution in [1.29, 1.82) is 0 Å². The third-order valence-corrected chi connectivity index (χ3v) is 2.00. The maximum Gasteiger partial charge on any atom is 0.308 e. The van der Waals surface area contributed by atoms with Gasteiger partial charge in [-0.25, -0.2) is 0 Å². The van der Waals surface area contributed by atoms with E-state index in [1.165, 1.54) is 0 Å². The van der Waals surface area contributed by atoms with Crippen LogP contribution in [-0.4, -0.2) is 28.3 Å². The van der Waals surface area contributed by atoms with E-state index in [1.54, 1.807) is 0 Å². The van der Waals surface area contributed by atoms with Gasteiger partial charge in [-0.2, -0.15) is 0 Å². The first-order valence-corrected chi connectivity index (χ1v) is 3.29. The molecule has 4 heteroatoms. The largest absolute Gasteiger partial charge is 0.481 e. The van der Waals surface area contributed by atoms with E-state index in [0.717, 1.165) is 0 Å². The fraction of sp³-hybridized carbons (Fsp3) is 0.833. The molecule has 1 fully saturated rings. The highest BCUT2D eigenvalue weighted by Crippen LogP contribution is 2.24. The zero-order valence-corrected chi connectivity index (χ0v) is 5.53. The van der Waals surface area contributed by atoms with Crippen LogP contribution >= 0.6 is 0 Å². The Morgan fingerprint density at radius 2 is 2.10 bits per heavy atom. The van der Waals surface area contributed by atoms with Crippen LogP contribution in [0.5, 0.6) is 0 Å². The molecule has 1 aliphatic carbocycles. The summed E-state index contributed by atoms with van der Waals surface area (Å²) in [6, 6.07) is -0.572. The quantitative estimate of drug-likeness (QED) is 0.449. The maximum atomic E-state index is 10.4. The Kier molecular flexibility index (Phi) is 1.92. The molecular weight excluding hydrogens is 134 g/mol. The van der Waals surface area contributed by atoms with E-state index < -0.39 is 24.0 Å². The zero-order chi connectivity index (χ0) is 7.72. The van der Waals surface area contributed by atoms with Crippen molar-refractivity contribution in [3.05, 3.63) is 0 Å². The zero-order valence-electron chi connectivity index (χ0n) is 5.53. The van der Waals surface area contributed by atoms with Gasteiger partial charge in [0.2, 0.25) is 0 Å². The van der Waals surface area contributed by atoms with E-state index in [0.29, 0.717) is 12.8 Å². The second-order valence-corrected chi connectivity index (χ2v) is 2.67. The molecule has 0 aromatic carbocycles. The lowest BCUT2D eigenvalue weighted by atomic mass is 10.0. The maximum absolute atomic E-state index is 10.4. The Morgan fingerprint density at radius 3 is 2.30 bits per heavy atom. The average molecular weight is 145 g/mol. The van der Waals surface area contributed by atoms with Crippen molar-refractivity contribution in [1.82, 2.24) is 0 Å². The van der Waals surface area contributed by atoms with E-state index in [-0.39, 0.29) is 0 Å². The Morgan fingerprint density at radius 1 is 1.50 bits per heavy atom. The van der Waals surface area contributed by atoms with Crippen LogP contribution < -0.4 is 5.73 Å². The molecule has 0 aromatic rings. The number of rotatable bonds is 1. The molecule has 0 radical (unpaired) electrons. The van der Waals surface area contributed by atoms with Crippen LogP contribution in [0.4, 0.5) is 0 Å². The number of carboxylic acids is 1. The molecule has 1 aliphatic rings. The van der Waals surface area contributed by atoms with Gasteiger partial charge in [0.15, 0.2) is 0 Å². The van der Waals surface area contributed by atoms with Crippen LogP contribution in [0.2, 0.25) is 0 Å². The van der Waals surface area contributed by atoms with Gasteiger partial charge in [-0.15, -0.1) is 0 Å². The number of carboxylic acid groups (broad SMARTS) is 1. The molecule has 1 rings (SSSR count). The van der Waals surface area contributed by atoms with Gasteiger partial charge >= 0.3 is 5.97 Å². The van der Waals surface area contributed by atoms with Crippen LogP contribution in [-0.2, 0) is 4.79 Å². The summed E-state index contributed by atoms with van der Waals surface area (Å²) in [5, 5.41) is 17.5. The van der Waals surface area contributed by atoms with Crippen LogP contribution in [0, 0.1) is 5.92 Å². The van der Waals surface area contributed by atoms with Gasteiger partial charge in [0, 0.05) is 6.04 Å². The van der Waals surface area contributed by atoms with Crippen molar-refractivity contribution in [2.75, 3.05) is 0 Å². The highest BCUT2D eigenvalue weighted by atomic mass is 16.4. The highest BCUT2D eigenvalue weighted by Gasteiger charge is 2.36. The molecule has 4 nitrogen and oxygen atoms in total. The molecule has 4 N–H and O–H groups in total. The van der Waals surface area contributed by atoms with E-state index in [2.05, 4.69) is 0 Å². The Bertz CT molecular complexity index is 148. The normalized spacial score (nSPS) is 40.0. The molecule has 10 heavy (non-hydrogen) atoms. The first-order chi connectivity index (χ1) is 4.63. The molecule has 0 heterocycles. The summed E-state index contributed by atoms with van der Waals surface area (Å²) in [6.07, 6.45) is 0.386. The molecule has 1 saturated carbocycles. The lowest BCUT2D eigenvalue weighted by molar-refractivity contribution is -0.142. The predicted molar refractivity (Wildman–Crippen MR) is 34.3 cm³/mol. The number of carbonyl (C=O) groups is 1. The number of nitrogens with two attached hydrogens (primary N) is 1.